The summed E-state index contributed by atoms with van der Waals surface area (Å²) in [5, 5.41) is 14.1. The Labute approximate surface area is 115 Å². The third kappa shape index (κ3) is 4.13. The predicted octanol–water partition coefficient (Wildman–Crippen LogP) is 0.808. The van der Waals surface area contributed by atoms with Gasteiger partial charge in [0.1, 0.15) is 0 Å². The van der Waals surface area contributed by atoms with Crippen molar-refractivity contribution in [1.82, 2.24) is 5.32 Å². The SMILES string of the molecule is O=C(O)CCCNCC(=O)Nc1ccc2c(c1)OCO2. The van der Waals surface area contributed by atoms with Crippen LogP contribution in [0, 0.1) is 0 Å². The van der Waals surface area contributed by atoms with E-state index < -0.39 is 5.97 Å². The third-order valence-electron chi connectivity index (χ3n) is 2.69. The maximum Gasteiger partial charge on any atom is 0.303 e. The fourth-order valence-corrected chi connectivity index (χ4v) is 1.75. The van der Waals surface area contributed by atoms with Gasteiger partial charge in [0.05, 0.1) is 6.54 Å². The molecular formula is C13H16N2O5. The summed E-state index contributed by atoms with van der Waals surface area (Å²) < 4.78 is 10.4. The van der Waals surface area contributed by atoms with E-state index in [1.165, 1.54) is 0 Å². The number of carbonyl (C=O) groups is 2. The zero-order valence-corrected chi connectivity index (χ0v) is 10.8. The molecule has 1 aliphatic heterocycles. The van der Waals surface area contributed by atoms with Crippen LogP contribution in [0.4, 0.5) is 5.69 Å². The summed E-state index contributed by atoms with van der Waals surface area (Å²) in [5.41, 5.74) is 0.631. The van der Waals surface area contributed by atoms with Crippen molar-refractivity contribution in [3.63, 3.8) is 0 Å². The molecule has 0 aliphatic carbocycles. The number of amides is 1. The molecular weight excluding hydrogens is 264 g/mol. The first kappa shape index (κ1) is 14.1. The normalized spacial score (nSPS) is 12.2. The average Bonchev–Trinajstić information content (AvgIpc) is 2.85. The van der Waals surface area contributed by atoms with Gasteiger partial charge in [-0.3, -0.25) is 9.59 Å². The summed E-state index contributed by atoms with van der Waals surface area (Å²) in [6, 6.07) is 5.17. The van der Waals surface area contributed by atoms with Crippen molar-refractivity contribution in [3.05, 3.63) is 18.2 Å². The minimum absolute atomic E-state index is 0.0940. The lowest BCUT2D eigenvalue weighted by atomic mass is 10.2. The van der Waals surface area contributed by atoms with Gasteiger partial charge in [-0.1, -0.05) is 0 Å². The van der Waals surface area contributed by atoms with E-state index in [0.29, 0.717) is 30.2 Å². The number of benzene rings is 1. The molecule has 1 aromatic rings. The molecule has 0 fully saturated rings. The molecule has 7 nitrogen and oxygen atoms in total. The number of aliphatic carboxylic acids is 1. The number of fused-ring (bicyclic) bond motifs is 1. The molecule has 1 aromatic carbocycles. The highest BCUT2D eigenvalue weighted by Gasteiger charge is 2.13. The maximum absolute atomic E-state index is 11.6. The van der Waals surface area contributed by atoms with E-state index in [9.17, 15) is 9.59 Å². The van der Waals surface area contributed by atoms with Gasteiger partial charge in [-0.25, -0.2) is 0 Å². The highest BCUT2D eigenvalue weighted by atomic mass is 16.7. The summed E-state index contributed by atoms with van der Waals surface area (Å²) in [4.78, 5) is 21.9. The Morgan fingerprint density at radius 3 is 2.85 bits per heavy atom. The lowest BCUT2D eigenvalue weighted by Gasteiger charge is -2.07. The zero-order chi connectivity index (χ0) is 14.4. The molecule has 0 spiro atoms. The van der Waals surface area contributed by atoms with Crippen LogP contribution in [0.1, 0.15) is 12.8 Å². The number of hydrogen-bond acceptors (Lipinski definition) is 5. The number of ether oxygens (including phenoxy) is 2. The Morgan fingerprint density at radius 1 is 1.25 bits per heavy atom. The van der Waals surface area contributed by atoms with Crippen molar-refractivity contribution < 1.29 is 24.2 Å². The molecule has 7 heteroatoms. The Kier molecular flexibility index (Phi) is 4.78. The summed E-state index contributed by atoms with van der Waals surface area (Å²) in [6.45, 7) is 0.812. The van der Waals surface area contributed by atoms with Crippen LogP contribution in [-0.2, 0) is 9.59 Å². The van der Waals surface area contributed by atoms with E-state index >= 15 is 0 Å². The second-order valence-electron chi connectivity index (χ2n) is 4.29. The van der Waals surface area contributed by atoms with E-state index in [1.54, 1.807) is 18.2 Å². The molecule has 2 rings (SSSR count). The minimum Gasteiger partial charge on any atom is -0.481 e. The molecule has 0 saturated carbocycles. The summed E-state index contributed by atoms with van der Waals surface area (Å²) >= 11 is 0. The number of rotatable bonds is 7. The van der Waals surface area contributed by atoms with Gasteiger partial charge in [0.2, 0.25) is 12.7 Å². The van der Waals surface area contributed by atoms with Gasteiger partial charge >= 0.3 is 5.97 Å². The fraction of sp³-hybridized carbons (Fsp3) is 0.385. The predicted molar refractivity (Wildman–Crippen MR) is 70.9 cm³/mol. The molecule has 1 aliphatic rings. The van der Waals surface area contributed by atoms with Gasteiger partial charge < -0.3 is 25.2 Å². The molecule has 0 bridgehead atoms. The summed E-state index contributed by atoms with van der Waals surface area (Å²) in [6.07, 6.45) is 0.587. The van der Waals surface area contributed by atoms with Crippen LogP contribution in [0.3, 0.4) is 0 Å². The Balaban J connectivity index is 1.70. The largest absolute Gasteiger partial charge is 0.481 e. The number of carboxylic acids is 1. The van der Waals surface area contributed by atoms with Crippen molar-refractivity contribution >= 4 is 17.6 Å². The fourth-order valence-electron chi connectivity index (χ4n) is 1.75. The molecule has 0 unspecified atom stereocenters. The highest BCUT2D eigenvalue weighted by molar-refractivity contribution is 5.92. The zero-order valence-electron chi connectivity index (χ0n) is 10.8. The van der Waals surface area contributed by atoms with Crippen LogP contribution in [0.25, 0.3) is 0 Å². The van der Waals surface area contributed by atoms with Crippen molar-refractivity contribution in [1.29, 1.82) is 0 Å². The van der Waals surface area contributed by atoms with Crippen molar-refractivity contribution in [2.45, 2.75) is 12.8 Å². The summed E-state index contributed by atoms with van der Waals surface area (Å²) in [7, 11) is 0. The Hall–Kier alpha value is -2.28. The lowest BCUT2D eigenvalue weighted by molar-refractivity contribution is -0.137. The van der Waals surface area contributed by atoms with Crippen molar-refractivity contribution in [3.8, 4) is 11.5 Å². The Morgan fingerprint density at radius 2 is 2.05 bits per heavy atom. The minimum atomic E-state index is -0.836. The van der Waals surface area contributed by atoms with Crippen LogP contribution in [-0.4, -0.2) is 36.9 Å². The standard InChI is InChI=1S/C13H16N2O5/c16-12(7-14-5-1-2-13(17)18)15-9-3-4-10-11(6-9)20-8-19-10/h3-4,6,14H,1-2,5,7-8H2,(H,15,16)(H,17,18). The summed E-state index contributed by atoms with van der Waals surface area (Å²) in [5.74, 6) is 0.239. The molecule has 0 saturated heterocycles. The first-order valence-electron chi connectivity index (χ1n) is 6.27. The van der Waals surface area contributed by atoms with Crippen molar-refractivity contribution in [2.75, 3.05) is 25.2 Å². The molecule has 1 heterocycles. The first-order chi connectivity index (χ1) is 9.65. The van der Waals surface area contributed by atoms with E-state index in [0.717, 1.165) is 0 Å². The number of anilines is 1. The molecule has 1 amide bonds. The van der Waals surface area contributed by atoms with Crippen LogP contribution < -0.4 is 20.1 Å². The van der Waals surface area contributed by atoms with E-state index in [1.807, 2.05) is 0 Å². The van der Waals surface area contributed by atoms with Crippen molar-refractivity contribution in [2.24, 2.45) is 0 Å². The number of carbonyl (C=O) groups excluding carboxylic acids is 1. The second kappa shape index (κ2) is 6.76. The number of hydrogen-bond donors (Lipinski definition) is 3. The van der Waals surface area contributed by atoms with Gasteiger partial charge in [0.25, 0.3) is 0 Å². The van der Waals surface area contributed by atoms with Crippen LogP contribution in [0.5, 0.6) is 11.5 Å². The molecule has 0 radical (unpaired) electrons. The maximum atomic E-state index is 11.6. The number of nitrogens with one attached hydrogen (secondary N) is 2. The van der Waals surface area contributed by atoms with E-state index in [2.05, 4.69) is 10.6 Å². The molecule has 0 aromatic heterocycles. The quantitative estimate of drug-likeness (QED) is 0.639. The van der Waals surface area contributed by atoms with Crippen LogP contribution in [0.2, 0.25) is 0 Å². The first-order valence-corrected chi connectivity index (χ1v) is 6.27. The molecule has 3 N–H and O–H groups in total. The highest BCUT2D eigenvalue weighted by Crippen LogP contribution is 2.34. The Bertz CT molecular complexity index is 504. The van der Waals surface area contributed by atoms with Gasteiger partial charge in [0.15, 0.2) is 11.5 Å². The van der Waals surface area contributed by atoms with E-state index in [4.69, 9.17) is 14.6 Å². The van der Waals surface area contributed by atoms with Crippen LogP contribution >= 0.6 is 0 Å². The van der Waals surface area contributed by atoms with Gasteiger partial charge in [0, 0.05) is 18.2 Å². The number of carboxylic acid groups (broad SMARTS) is 1. The van der Waals surface area contributed by atoms with Crippen LogP contribution in [0.15, 0.2) is 18.2 Å². The monoisotopic (exact) mass is 280 g/mol. The molecule has 108 valence electrons. The van der Waals surface area contributed by atoms with E-state index in [-0.39, 0.29) is 25.7 Å². The van der Waals surface area contributed by atoms with Gasteiger partial charge in [-0.2, -0.15) is 0 Å². The topological polar surface area (TPSA) is 96.9 Å². The third-order valence-corrected chi connectivity index (χ3v) is 2.69. The molecule has 20 heavy (non-hydrogen) atoms. The average molecular weight is 280 g/mol. The van der Waals surface area contributed by atoms with Gasteiger partial charge in [-0.15, -0.1) is 0 Å². The van der Waals surface area contributed by atoms with Gasteiger partial charge in [-0.05, 0) is 25.1 Å². The molecule has 0 atom stereocenters. The second-order valence-corrected chi connectivity index (χ2v) is 4.29. The lowest BCUT2D eigenvalue weighted by Crippen LogP contribution is -2.29. The smallest absolute Gasteiger partial charge is 0.303 e.